The molecule has 2 aliphatic rings. The van der Waals surface area contributed by atoms with Gasteiger partial charge in [-0.25, -0.2) is 0 Å². The predicted octanol–water partition coefficient (Wildman–Crippen LogP) is 3.24. The highest BCUT2D eigenvalue weighted by atomic mass is 16.5. The van der Waals surface area contributed by atoms with E-state index in [-0.39, 0.29) is 24.5 Å². The minimum absolute atomic E-state index is 0.0584. The fraction of sp³-hybridized carbons (Fsp3) is 0.632. The van der Waals surface area contributed by atoms with E-state index in [4.69, 9.17) is 4.74 Å². The summed E-state index contributed by atoms with van der Waals surface area (Å²) in [5.41, 5.74) is 0.703. The second-order valence-corrected chi connectivity index (χ2v) is 6.98. The molecule has 2 fully saturated rings. The zero-order valence-electron chi connectivity index (χ0n) is 13.9. The van der Waals surface area contributed by atoms with E-state index in [9.17, 15) is 9.90 Å². The number of hydrogen-bond donors (Lipinski definition) is 1. The summed E-state index contributed by atoms with van der Waals surface area (Å²) in [5.74, 6) is 1.12. The number of rotatable bonds is 4. The first-order valence-electron chi connectivity index (χ1n) is 8.86. The van der Waals surface area contributed by atoms with E-state index >= 15 is 0 Å². The molecular weight excluding hydrogens is 290 g/mol. The molecular formula is C19H27NO3. The normalized spacial score (nSPS) is 25.6. The number of hydrogen-bond acceptors (Lipinski definition) is 3. The van der Waals surface area contributed by atoms with Crippen molar-refractivity contribution < 1.29 is 14.6 Å². The zero-order chi connectivity index (χ0) is 16.2. The number of aliphatic hydroxyl groups excluding tert-OH is 1. The summed E-state index contributed by atoms with van der Waals surface area (Å²) in [7, 11) is 0. The number of amides is 1. The third-order valence-corrected chi connectivity index (χ3v) is 5.20. The lowest BCUT2D eigenvalue weighted by Crippen LogP contribution is -2.46. The summed E-state index contributed by atoms with van der Waals surface area (Å²) in [6.07, 6.45) is 7.06. The van der Waals surface area contributed by atoms with Crippen molar-refractivity contribution in [2.45, 2.75) is 57.6 Å². The standard InChI is InChI=1S/C19H27NO3/c1-14-6-7-15(13-21)12-20(14)19(22)16-8-10-18(11-9-16)23-17-4-2-3-5-17/h8-11,14-15,17,21H,2-7,12-13H2,1H3. The van der Waals surface area contributed by atoms with Gasteiger partial charge in [-0.15, -0.1) is 0 Å². The number of ether oxygens (including phenoxy) is 1. The van der Waals surface area contributed by atoms with Crippen molar-refractivity contribution in [3.05, 3.63) is 29.8 Å². The van der Waals surface area contributed by atoms with Crippen molar-refractivity contribution in [1.82, 2.24) is 4.90 Å². The van der Waals surface area contributed by atoms with Gasteiger partial charge in [-0.2, -0.15) is 0 Å². The molecule has 1 amide bonds. The number of aliphatic hydroxyl groups is 1. The molecule has 0 aromatic heterocycles. The van der Waals surface area contributed by atoms with Gasteiger partial charge < -0.3 is 14.7 Å². The Hall–Kier alpha value is -1.55. The van der Waals surface area contributed by atoms with Crippen LogP contribution in [0.25, 0.3) is 0 Å². The molecule has 1 saturated heterocycles. The summed E-state index contributed by atoms with van der Waals surface area (Å²) in [4.78, 5) is 14.6. The van der Waals surface area contributed by atoms with Gasteiger partial charge in [0.15, 0.2) is 0 Å². The molecule has 3 rings (SSSR count). The van der Waals surface area contributed by atoms with Crippen molar-refractivity contribution in [3.8, 4) is 5.75 Å². The van der Waals surface area contributed by atoms with E-state index in [0.717, 1.165) is 31.4 Å². The second kappa shape index (κ2) is 7.35. The van der Waals surface area contributed by atoms with Crippen LogP contribution in [-0.4, -0.2) is 41.2 Å². The molecule has 4 nitrogen and oxygen atoms in total. The highest BCUT2D eigenvalue weighted by Crippen LogP contribution is 2.26. The SMILES string of the molecule is CC1CCC(CO)CN1C(=O)c1ccc(OC2CCCC2)cc1. The van der Waals surface area contributed by atoms with E-state index in [0.29, 0.717) is 18.2 Å². The molecule has 4 heteroatoms. The average molecular weight is 317 g/mol. The van der Waals surface area contributed by atoms with Gasteiger partial charge in [0.25, 0.3) is 5.91 Å². The van der Waals surface area contributed by atoms with Crippen LogP contribution in [-0.2, 0) is 0 Å². The first kappa shape index (κ1) is 16.3. The first-order valence-corrected chi connectivity index (χ1v) is 8.86. The summed E-state index contributed by atoms with van der Waals surface area (Å²) in [5, 5.41) is 9.37. The Bertz CT molecular complexity index is 522. The molecule has 1 heterocycles. The van der Waals surface area contributed by atoms with Gasteiger partial charge in [-0.3, -0.25) is 4.79 Å². The Balaban J connectivity index is 1.64. The van der Waals surface area contributed by atoms with Crippen molar-refractivity contribution >= 4 is 5.91 Å². The maximum absolute atomic E-state index is 12.7. The van der Waals surface area contributed by atoms with Gasteiger partial charge in [0.1, 0.15) is 5.75 Å². The average Bonchev–Trinajstić information content (AvgIpc) is 3.08. The third-order valence-electron chi connectivity index (χ3n) is 5.20. The number of carbonyl (C=O) groups excluding carboxylic acids is 1. The molecule has 2 atom stereocenters. The lowest BCUT2D eigenvalue weighted by Gasteiger charge is -2.37. The number of carbonyl (C=O) groups is 1. The van der Waals surface area contributed by atoms with Gasteiger partial charge >= 0.3 is 0 Å². The van der Waals surface area contributed by atoms with Crippen molar-refractivity contribution in [2.75, 3.05) is 13.2 Å². The van der Waals surface area contributed by atoms with Crippen LogP contribution in [0.4, 0.5) is 0 Å². The lowest BCUT2D eigenvalue weighted by atomic mass is 9.93. The first-order chi connectivity index (χ1) is 11.2. The predicted molar refractivity (Wildman–Crippen MR) is 89.6 cm³/mol. The van der Waals surface area contributed by atoms with Gasteiger partial charge in [0.05, 0.1) is 6.10 Å². The molecule has 23 heavy (non-hydrogen) atoms. The molecule has 1 aliphatic heterocycles. The van der Waals surface area contributed by atoms with Crippen molar-refractivity contribution in [1.29, 1.82) is 0 Å². The van der Waals surface area contributed by atoms with E-state index < -0.39 is 0 Å². The number of benzene rings is 1. The van der Waals surface area contributed by atoms with Crippen LogP contribution in [0.2, 0.25) is 0 Å². The fourth-order valence-electron chi connectivity index (χ4n) is 3.65. The van der Waals surface area contributed by atoms with Gasteiger partial charge in [0, 0.05) is 24.8 Å². The number of piperidine rings is 1. The van der Waals surface area contributed by atoms with Gasteiger partial charge in [-0.1, -0.05) is 0 Å². The van der Waals surface area contributed by atoms with Crippen molar-refractivity contribution in [3.63, 3.8) is 0 Å². The number of nitrogens with zero attached hydrogens (tertiary/aromatic N) is 1. The largest absolute Gasteiger partial charge is 0.490 e. The van der Waals surface area contributed by atoms with Gasteiger partial charge in [0.2, 0.25) is 0 Å². The monoisotopic (exact) mass is 317 g/mol. The molecule has 1 N–H and O–H groups in total. The molecule has 1 saturated carbocycles. The molecule has 2 unspecified atom stereocenters. The third kappa shape index (κ3) is 3.86. The Morgan fingerprint density at radius 1 is 1.17 bits per heavy atom. The Labute approximate surface area is 138 Å². The van der Waals surface area contributed by atoms with Gasteiger partial charge in [-0.05, 0) is 75.6 Å². The quantitative estimate of drug-likeness (QED) is 0.927. The maximum atomic E-state index is 12.7. The second-order valence-electron chi connectivity index (χ2n) is 6.98. The van der Waals surface area contributed by atoms with Crippen molar-refractivity contribution in [2.24, 2.45) is 5.92 Å². The smallest absolute Gasteiger partial charge is 0.254 e. The van der Waals surface area contributed by atoms with Crippen LogP contribution in [0.1, 0.15) is 55.8 Å². The summed E-state index contributed by atoms with van der Waals surface area (Å²) < 4.78 is 5.95. The summed E-state index contributed by atoms with van der Waals surface area (Å²) in [6.45, 7) is 2.89. The molecule has 1 aromatic carbocycles. The highest BCUT2D eigenvalue weighted by molar-refractivity contribution is 5.94. The molecule has 0 bridgehead atoms. The molecule has 0 radical (unpaired) electrons. The highest BCUT2D eigenvalue weighted by Gasteiger charge is 2.29. The Morgan fingerprint density at radius 2 is 1.87 bits per heavy atom. The Kier molecular flexibility index (Phi) is 5.21. The molecule has 126 valence electrons. The summed E-state index contributed by atoms with van der Waals surface area (Å²) >= 11 is 0. The van der Waals surface area contributed by atoms with Crippen LogP contribution in [0.15, 0.2) is 24.3 Å². The van der Waals surface area contributed by atoms with E-state index in [1.807, 2.05) is 29.2 Å². The van der Waals surface area contributed by atoms with Crippen LogP contribution in [0.3, 0.4) is 0 Å². The van der Waals surface area contributed by atoms with Crippen LogP contribution >= 0.6 is 0 Å². The van der Waals surface area contributed by atoms with E-state index in [1.54, 1.807) is 0 Å². The molecule has 0 spiro atoms. The Morgan fingerprint density at radius 3 is 2.52 bits per heavy atom. The van der Waals surface area contributed by atoms with Crippen LogP contribution in [0, 0.1) is 5.92 Å². The minimum atomic E-state index is 0.0584. The zero-order valence-corrected chi connectivity index (χ0v) is 13.9. The molecule has 1 aliphatic carbocycles. The maximum Gasteiger partial charge on any atom is 0.254 e. The lowest BCUT2D eigenvalue weighted by molar-refractivity contribution is 0.0489. The fourth-order valence-corrected chi connectivity index (χ4v) is 3.65. The van der Waals surface area contributed by atoms with E-state index in [2.05, 4.69) is 6.92 Å². The van der Waals surface area contributed by atoms with Crippen LogP contribution in [0.5, 0.6) is 5.75 Å². The minimum Gasteiger partial charge on any atom is -0.490 e. The van der Waals surface area contributed by atoms with E-state index in [1.165, 1.54) is 12.8 Å². The topological polar surface area (TPSA) is 49.8 Å². The number of likely N-dealkylation sites (tertiary alicyclic amines) is 1. The summed E-state index contributed by atoms with van der Waals surface area (Å²) in [6, 6.07) is 7.77. The van der Waals surface area contributed by atoms with Crippen LogP contribution < -0.4 is 4.74 Å². The molecule has 1 aromatic rings.